The molecule has 0 unspecified atom stereocenters. The molecule has 5 aromatic rings. The van der Waals surface area contributed by atoms with Gasteiger partial charge in [-0.3, -0.25) is 23.8 Å². The Morgan fingerprint density at radius 3 is 2.52 bits per heavy atom. The Bertz CT molecular complexity index is 2040. The van der Waals surface area contributed by atoms with Crippen LogP contribution in [0, 0.1) is 5.92 Å². The number of benzene rings is 1. The van der Waals surface area contributed by atoms with Crippen LogP contribution in [0.2, 0.25) is 5.02 Å². The van der Waals surface area contributed by atoms with E-state index in [1.807, 2.05) is 26.1 Å². The van der Waals surface area contributed by atoms with Crippen molar-refractivity contribution in [2.45, 2.75) is 38.4 Å². The molecule has 0 fully saturated rings. The molecule has 0 aliphatic carbocycles. The van der Waals surface area contributed by atoms with Gasteiger partial charge in [0.1, 0.15) is 0 Å². The second-order valence-electron chi connectivity index (χ2n) is 10.8. The predicted molar refractivity (Wildman–Crippen MR) is 165 cm³/mol. The minimum atomic E-state index is -5.08. The first-order valence-electron chi connectivity index (χ1n) is 14.3. The van der Waals surface area contributed by atoms with Crippen LogP contribution < -0.4 is 10.9 Å². The number of alkyl halides is 3. The van der Waals surface area contributed by atoms with Crippen LogP contribution in [-0.4, -0.2) is 67.6 Å². The van der Waals surface area contributed by atoms with Gasteiger partial charge in [-0.2, -0.15) is 18.3 Å². The molecule has 1 aromatic carbocycles. The summed E-state index contributed by atoms with van der Waals surface area (Å²) in [7, 11) is 1.82. The summed E-state index contributed by atoms with van der Waals surface area (Å²) in [4.78, 5) is 44.7. The van der Waals surface area contributed by atoms with Gasteiger partial charge < -0.3 is 15.5 Å². The van der Waals surface area contributed by atoms with E-state index in [0.717, 1.165) is 11.3 Å². The van der Waals surface area contributed by atoms with Crippen LogP contribution in [0.4, 0.5) is 18.9 Å². The maximum atomic E-state index is 13.7. The Morgan fingerprint density at radius 1 is 1.10 bits per heavy atom. The van der Waals surface area contributed by atoms with Gasteiger partial charge in [-0.15, -0.1) is 0 Å². The minimum Gasteiger partial charge on any atom is -0.491 e. The van der Waals surface area contributed by atoms with Crippen molar-refractivity contribution >= 4 is 29.2 Å². The highest BCUT2D eigenvalue weighted by atomic mass is 35.5. The summed E-state index contributed by atoms with van der Waals surface area (Å²) in [5, 5.41) is 32.2. The number of aryl methyl sites for hydroxylation is 1. The van der Waals surface area contributed by atoms with Crippen LogP contribution in [0.5, 0.6) is 5.88 Å². The van der Waals surface area contributed by atoms with Gasteiger partial charge >= 0.3 is 12.1 Å². The van der Waals surface area contributed by atoms with Gasteiger partial charge in [0, 0.05) is 41.4 Å². The van der Waals surface area contributed by atoms with Gasteiger partial charge in [0.15, 0.2) is 0 Å². The van der Waals surface area contributed by atoms with E-state index in [9.17, 15) is 27.9 Å². The number of fused-ring (bicyclic) bond motifs is 4. The van der Waals surface area contributed by atoms with Crippen LogP contribution in [0.3, 0.4) is 0 Å². The SMILES string of the molecule is C[C@@H]1CCC[C@H](n2cnc(-c3cc(Cl)ccc3-n3cc(O)nn3)cc2=O)c2cc(ccn2)-c2c(cnn2C)NC1=O.O=C(O)C(F)(F)F. The van der Waals surface area contributed by atoms with Gasteiger partial charge in [0.25, 0.3) is 11.4 Å². The van der Waals surface area contributed by atoms with Crippen LogP contribution >= 0.6 is 11.6 Å². The molecular weight excluding hydrogens is 659 g/mol. The molecule has 6 rings (SSSR count). The van der Waals surface area contributed by atoms with Gasteiger partial charge in [-0.25, -0.2) is 14.5 Å². The van der Waals surface area contributed by atoms with Crippen molar-refractivity contribution in [1.82, 2.24) is 39.3 Å². The largest absolute Gasteiger partial charge is 0.491 e. The van der Waals surface area contributed by atoms with Crippen molar-refractivity contribution in [3.05, 3.63) is 82.4 Å². The number of carboxylic acids is 1. The van der Waals surface area contributed by atoms with Crippen molar-refractivity contribution < 1.29 is 33.0 Å². The second-order valence-corrected chi connectivity index (χ2v) is 11.3. The average molecular weight is 686 g/mol. The zero-order chi connectivity index (χ0) is 34.7. The van der Waals surface area contributed by atoms with Crippen molar-refractivity contribution in [2.24, 2.45) is 13.0 Å². The summed E-state index contributed by atoms with van der Waals surface area (Å²) in [6, 6.07) is 9.89. The smallest absolute Gasteiger partial charge is 0.490 e. The molecule has 14 nitrogen and oxygen atoms in total. The van der Waals surface area contributed by atoms with Crippen LogP contribution in [0.15, 0.2) is 66.1 Å². The van der Waals surface area contributed by atoms with Gasteiger partial charge in [-0.1, -0.05) is 35.3 Å². The molecule has 4 aromatic heterocycles. The lowest BCUT2D eigenvalue weighted by Crippen LogP contribution is -2.27. The molecule has 1 aliphatic rings. The Morgan fingerprint density at radius 2 is 1.85 bits per heavy atom. The van der Waals surface area contributed by atoms with Crippen LogP contribution in [-0.2, 0) is 16.6 Å². The lowest BCUT2D eigenvalue weighted by Gasteiger charge is -2.22. The van der Waals surface area contributed by atoms with E-state index in [-0.39, 0.29) is 23.3 Å². The Balaban J connectivity index is 0.000000582. The van der Waals surface area contributed by atoms with Crippen molar-refractivity contribution in [3.63, 3.8) is 0 Å². The highest BCUT2D eigenvalue weighted by molar-refractivity contribution is 6.31. The number of nitrogens with one attached hydrogen (secondary N) is 1. The number of carbonyl (C=O) groups excluding carboxylic acids is 1. The summed E-state index contributed by atoms with van der Waals surface area (Å²) >= 11 is 6.29. The maximum absolute atomic E-state index is 13.7. The van der Waals surface area contributed by atoms with Gasteiger partial charge in [0.2, 0.25) is 5.91 Å². The summed E-state index contributed by atoms with van der Waals surface area (Å²) in [6.07, 6.45) is 3.02. The average Bonchev–Trinajstić information content (AvgIpc) is 3.63. The number of pyridine rings is 1. The van der Waals surface area contributed by atoms with Crippen molar-refractivity contribution in [1.29, 1.82) is 0 Å². The third-order valence-electron chi connectivity index (χ3n) is 7.53. The number of hydrogen-bond donors (Lipinski definition) is 3. The topological polar surface area (TPSA) is 183 Å². The maximum Gasteiger partial charge on any atom is 0.490 e. The quantitative estimate of drug-likeness (QED) is 0.242. The number of nitrogens with zero attached hydrogens (tertiary/aromatic N) is 8. The van der Waals surface area contributed by atoms with E-state index in [2.05, 4.69) is 30.7 Å². The Kier molecular flexibility index (Phi) is 9.60. The second kappa shape index (κ2) is 13.6. The van der Waals surface area contributed by atoms with E-state index >= 15 is 0 Å². The minimum absolute atomic E-state index is 0.0770. The molecule has 250 valence electrons. The molecule has 0 saturated heterocycles. The molecule has 3 N–H and O–H groups in total. The highest BCUT2D eigenvalue weighted by Gasteiger charge is 2.38. The molecule has 1 amide bonds. The number of halogens is 4. The fraction of sp³-hybridized carbons (Fsp3) is 0.267. The van der Waals surface area contributed by atoms with E-state index in [1.54, 1.807) is 39.8 Å². The number of aromatic nitrogens is 8. The molecule has 5 heterocycles. The van der Waals surface area contributed by atoms with E-state index in [0.29, 0.717) is 52.6 Å². The van der Waals surface area contributed by atoms with E-state index in [1.165, 1.54) is 23.3 Å². The summed E-state index contributed by atoms with van der Waals surface area (Å²) in [6.45, 7) is 1.89. The molecule has 18 heteroatoms. The number of carbonyl (C=O) groups is 2. The fourth-order valence-corrected chi connectivity index (χ4v) is 5.33. The standard InChI is InChI=1S/C28H26ClN9O3.C2HF3O2/c1-16-4-3-5-24(21-10-17(8-9-30-21)27-22(33-28(16)41)13-32-36(27)2)37-15-31-20(12-26(37)40)19-11-18(29)6-7-23(19)38-14-25(39)34-35-38;3-2(4,5)1(6)7/h6-16,24,39H,3-5H2,1-2H3,(H,33,41);(H,6,7)/t16-,24+;/m1./s1. The molecule has 0 radical (unpaired) electrons. The molecular formula is C30H27ClF3N9O5. The number of carboxylic acid groups (broad SMARTS) is 1. The zero-order valence-electron chi connectivity index (χ0n) is 25.3. The molecule has 2 bridgehead atoms. The normalized spacial score (nSPS) is 16.4. The first-order valence-corrected chi connectivity index (χ1v) is 14.7. The Hall–Kier alpha value is -5.58. The number of anilines is 1. The molecule has 0 saturated carbocycles. The van der Waals surface area contributed by atoms with E-state index in [4.69, 9.17) is 21.5 Å². The van der Waals surface area contributed by atoms with Crippen LogP contribution in [0.1, 0.15) is 37.9 Å². The number of amides is 1. The number of aromatic hydroxyl groups is 1. The van der Waals surface area contributed by atoms with Gasteiger partial charge in [0.05, 0.1) is 53.2 Å². The predicted octanol–water partition coefficient (Wildman–Crippen LogP) is 4.63. The monoisotopic (exact) mass is 685 g/mol. The third kappa shape index (κ3) is 7.35. The third-order valence-corrected chi connectivity index (χ3v) is 7.77. The van der Waals surface area contributed by atoms with Crippen molar-refractivity contribution in [2.75, 3.05) is 5.32 Å². The zero-order valence-corrected chi connectivity index (χ0v) is 26.0. The first-order chi connectivity index (χ1) is 22.7. The molecule has 48 heavy (non-hydrogen) atoms. The Labute approximate surface area is 274 Å². The first kappa shape index (κ1) is 33.8. The molecule has 0 spiro atoms. The summed E-state index contributed by atoms with van der Waals surface area (Å²) < 4.78 is 36.4. The fourth-order valence-electron chi connectivity index (χ4n) is 5.16. The highest BCUT2D eigenvalue weighted by Crippen LogP contribution is 2.33. The van der Waals surface area contributed by atoms with Crippen LogP contribution in [0.25, 0.3) is 28.2 Å². The lowest BCUT2D eigenvalue weighted by atomic mass is 9.97. The summed E-state index contributed by atoms with van der Waals surface area (Å²) in [5.74, 6) is -3.31. The van der Waals surface area contributed by atoms with Gasteiger partial charge in [-0.05, 0) is 43.2 Å². The number of hydrogen-bond acceptors (Lipinski definition) is 9. The number of aliphatic carboxylic acids is 1. The number of rotatable bonds is 3. The van der Waals surface area contributed by atoms with E-state index < -0.39 is 18.2 Å². The molecule has 1 aliphatic heterocycles. The summed E-state index contributed by atoms with van der Waals surface area (Å²) in [5.41, 5.74) is 4.10. The van der Waals surface area contributed by atoms with Crippen molar-refractivity contribution in [3.8, 4) is 34.1 Å². The molecule has 2 atom stereocenters. The lowest BCUT2D eigenvalue weighted by molar-refractivity contribution is -0.192.